The second-order valence-electron chi connectivity index (χ2n) is 8.70. The maximum absolute atomic E-state index is 15.1. The lowest BCUT2D eigenvalue weighted by molar-refractivity contribution is -0.156. The molecule has 0 bridgehead atoms. The van der Waals surface area contributed by atoms with E-state index in [0.29, 0.717) is 19.5 Å². The van der Waals surface area contributed by atoms with E-state index in [4.69, 9.17) is 0 Å². The van der Waals surface area contributed by atoms with Crippen molar-refractivity contribution in [3.8, 4) is 11.5 Å². The van der Waals surface area contributed by atoms with Crippen molar-refractivity contribution in [1.82, 2.24) is 24.9 Å². The summed E-state index contributed by atoms with van der Waals surface area (Å²) in [6.07, 6.45) is -2.70. The smallest absolute Gasteiger partial charge is 0.413 e. The van der Waals surface area contributed by atoms with Crippen molar-refractivity contribution < 1.29 is 31.2 Å². The van der Waals surface area contributed by atoms with Crippen LogP contribution in [0.5, 0.6) is 0 Å². The Morgan fingerprint density at radius 2 is 1.92 bits per heavy atom. The van der Waals surface area contributed by atoms with Gasteiger partial charge in [-0.05, 0) is 25.1 Å². The van der Waals surface area contributed by atoms with E-state index in [1.807, 2.05) is 6.92 Å². The van der Waals surface area contributed by atoms with Gasteiger partial charge in [0.2, 0.25) is 5.89 Å². The van der Waals surface area contributed by atoms with Crippen LogP contribution in [0.25, 0.3) is 11.5 Å². The Morgan fingerprint density at radius 3 is 2.50 bits per heavy atom. The molecule has 1 fully saturated rings. The van der Waals surface area contributed by atoms with Gasteiger partial charge in [-0.2, -0.15) is 13.2 Å². The number of benzene rings is 1. The first-order chi connectivity index (χ1) is 17.1. The minimum Gasteiger partial charge on any atom is -0.413 e. The third-order valence-corrected chi connectivity index (χ3v) is 7.25. The van der Waals surface area contributed by atoms with Gasteiger partial charge < -0.3 is 19.1 Å². The van der Waals surface area contributed by atoms with E-state index < -0.39 is 40.8 Å². The molecule has 0 radical (unpaired) electrons. The standard InChI is InChI=1S/C23H25BrF5N5O2/c1-2-32-7-9-33(10-8-32)22(35)34(16-5-6-18(25)17(24)12-16)13-15-4-3-14(11-19(15)26)20-30-31-21(36-20)23(27,28)29/h3-6,11,16-18H,2,7-10,12-13H2,1H3. The van der Waals surface area contributed by atoms with E-state index in [1.54, 1.807) is 11.0 Å². The molecule has 1 aromatic heterocycles. The van der Waals surface area contributed by atoms with Gasteiger partial charge in [0.25, 0.3) is 0 Å². The van der Waals surface area contributed by atoms with Crippen molar-refractivity contribution in [3.63, 3.8) is 0 Å². The number of allylic oxidation sites excluding steroid dienone is 1. The summed E-state index contributed by atoms with van der Waals surface area (Å²) in [7, 11) is 0. The number of hydrogen-bond donors (Lipinski definition) is 0. The van der Waals surface area contributed by atoms with Crippen LogP contribution in [0, 0.1) is 5.82 Å². The predicted molar refractivity (Wildman–Crippen MR) is 124 cm³/mol. The summed E-state index contributed by atoms with van der Waals surface area (Å²) in [4.78, 5) is 18.4. The molecule has 1 aromatic carbocycles. The number of urea groups is 1. The first-order valence-electron chi connectivity index (χ1n) is 11.5. The van der Waals surface area contributed by atoms with Crippen molar-refractivity contribution in [1.29, 1.82) is 0 Å². The molecular formula is C23H25BrF5N5O2. The van der Waals surface area contributed by atoms with Crippen molar-refractivity contribution in [2.75, 3.05) is 32.7 Å². The lowest BCUT2D eigenvalue weighted by atomic mass is 9.99. The zero-order valence-electron chi connectivity index (χ0n) is 19.4. The van der Waals surface area contributed by atoms with E-state index in [2.05, 4.69) is 35.4 Å². The molecule has 1 aliphatic carbocycles. The molecule has 1 saturated heterocycles. The van der Waals surface area contributed by atoms with E-state index in [9.17, 15) is 22.4 Å². The van der Waals surface area contributed by atoms with Gasteiger partial charge >= 0.3 is 18.1 Å². The number of piperazine rings is 1. The topological polar surface area (TPSA) is 65.7 Å². The van der Waals surface area contributed by atoms with Crippen LogP contribution in [0.4, 0.5) is 26.7 Å². The van der Waals surface area contributed by atoms with E-state index in [0.717, 1.165) is 25.7 Å². The first-order valence-corrected chi connectivity index (χ1v) is 12.4. The van der Waals surface area contributed by atoms with E-state index in [-0.39, 0.29) is 23.7 Å². The Bertz CT molecular complexity index is 1100. The molecular weight excluding hydrogens is 553 g/mol. The number of carbonyl (C=O) groups is 1. The predicted octanol–water partition coefficient (Wildman–Crippen LogP) is 4.88. The highest BCUT2D eigenvalue weighted by atomic mass is 79.9. The lowest BCUT2D eigenvalue weighted by Crippen LogP contribution is -2.55. The molecule has 13 heteroatoms. The van der Waals surface area contributed by atoms with Gasteiger partial charge in [0.05, 0.1) is 17.4 Å². The molecule has 2 amide bonds. The highest BCUT2D eigenvalue weighted by molar-refractivity contribution is 9.09. The Balaban J connectivity index is 1.57. The molecule has 2 aliphatic rings. The average molecular weight is 578 g/mol. The van der Waals surface area contributed by atoms with Gasteiger partial charge in [0.15, 0.2) is 0 Å². The minimum atomic E-state index is -4.81. The van der Waals surface area contributed by atoms with Crippen LogP contribution in [0.1, 0.15) is 24.8 Å². The average Bonchev–Trinajstić information content (AvgIpc) is 3.36. The SMILES string of the molecule is CCN1CCN(C(=O)N(Cc2ccc(-c3nnc(C(F)(F)F)o3)cc2F)C2C=CC(F)C(Br)C2)CC1. The highest BCUT2D eigenvalue weighted by Gasteiger charge is 2.38. The maximum atomic E-state index is 15.1. The number of likely N-dealkylation sites (N-methyl/N-ethyl adjacent to an activating group) is 1. The second kappa shape index (κ2) is 10.8. The Labute approximate surface area is 213 Å². The molecule has 4 rings (SSSR count). The zero-order valence-corrected chi connectivity index (χ0v) is 21.0. The van der Waals surface area contributed by atoms with Crippen LogP contribution in [-0.2, 0) is 12.7 Å². The molecule has 1 aliphatic heterocycles. The number of rotatable bonds is 5. The first kappa shape index (κ1) is 26.5. The number of nitrogens with zero attached hydrogens (tertiary/aromatic N) is 5. The monoisotopic (exact) mass is 577 g/mol. The summed E-state index contributed by atoms with van der Waals surface area (Å²) in [6, 6.07) is 2.96. The quantitative estimate of drug-likeness (QED) is 0.288. The van der Waals surface area contributed by atoms with Crippen molar-refractivity contribution in [2.45, 2.75) is 43.1 Å². The van der Waals surface area contributed by atoms with E-state index >= 15 is 4.39 Å². The number of hydrogen-bond acceptors (Lipinski definition) is 5. The molecule has 2 heterocycles. The van der Waals surface area contributed by atoms with Gasteiger partial charge in [-0.15, -0.1) is 10.2 Å². The Kier molecular flexibility index (Phi) is 7.98. The molecule has 3 unspecified atom stereocenters. The molecule has 0 saturated carbocycles. The Morgan fingerprint density at radius 1 is 1.19 bits per heavy atom. The van der Waals surface area contributed by atoms with E-state index in [1.165, 1.54) is 23.1 Å². The summed E-state index contributed by atoms with van der Waals surface area (Å²) in [6.45, 7) is 5.29. The third kappa shape index (κ3) is 5.88. The summed E-state index contributed by atoms with van der Waals surface area (Å²) < 4.78 is 72.0. The van der Waals surface area contributed by atoms with Crippen LogP contribution >= 0.6 is 15.9 Å². The van der Waals surface area contributed by atoms with Crippen LogP contribution in [0.3, 0.4) is 0 Å². The fraction of sp³-hybridized carbons (Fsp3) is 0.522. The van der Waals surface area contributed by atoms with Crippen molar-refractivity contribution >= 4 is 22.0 Å². The lowest BCUT2D eigenvalue weighted by Gasteiger charge is -2.40. The van der Waals surface area contributed by atoms with Gasteiger partial charge in [0, 0.05) is 37.3 Å². The number of aromatic nitrogens is 2. The van der Waals surface area contributed by atoms with Crippen LogP contribution in [-0.4, -0.2) is 80.7 Å². The fourth-order valence-corrected chi connectivity index (χ4v) is 4.79. The molecule has 0 N–H and O–H groups in total. The molecule has 196 valence electrons. The van der Waals surface area contributed by atoms with Crippen LogP contribution < -0.4 is 0 Å². The van der Waals surface area contributed by atoms with Crippen LogP contribution in [0.15, 0.2) is 34.8 Å². The number of carbonyl (C=O) groups excluding carboxylic acids is 1. The summed E-state index contributed by atoms with van der Waals surface area (Å²) >= 11 is 3.31. The minimum absolute atomic E-state index is 0.0221. The maximum Gasteiger partial charge on any atom is 0.470 e. The Hall–Kier alpha value is -2.54. The highest BCUT2D eigenvalue weighted by Crippen LogP contribution is 2.32. The second-order valence-corrected chi connectivity index (χ2v) is 9.87. The van der Waals surface area contributed by atoms with Gasteiger partial charge in [0.1, 0.15) is 12.0 Å². The molecule has 0 spiro atoms. The van der Waals surface area contributed by atoms with Gasteiger partial charge in [-0.3, -0.25) is 0 Å². The summed E-state index contributed by atoms with van der Waals surface area (Å²) in [5.41, 5.74) is 0.128. The summed E-state index contributed by atoms with van der Waals surface area (Å²) in [5, 5.41) is 6.30. The third-order valence-electron chi connectivity index (χ3n) is 6.37. The number of alkyl halides is 5. The zero-order chi connectivity index (χ0) is 26.0. The number of halogens is 6. The fourth-order valence-electron chi connectivity index (χ4n) is 4.24. The molecule has 2 aromatic rings. The summed E-state index contributed by atoms with van der Waals surface area (Å²) in [5.74, 6) is -2.74. The number of amides is 2. The molecule has 36 heavy (non-hydrogen) atoms. The van der Waals surface area contributed by atoms with Gasteiger partial charge in [-0.1, -0.05) is 41.1 Å². The largest absolute Gasteiger partial charge is 0.470 e. The van der Waals surface area contributed by atoms with Crippen molar-refractivity contribution in [2.24, 2.45) is 0 Å². The van der Waals surface area contributed by atoms with Crippen LogP contribution in [0.2, 0.25) is 0 Å². The molecule has 7 nitrogen and oxygen atoms in total. The van der Waals surface area contributed by atoms with Gasteiger partial charge in [-0.25, -0.2) is 13.6 Å². The normalized spacial score (nSPS) is 23.2. The van der Waals surface area contributed by atoms with Crippen molar-refractivity contribution in [3.05, 3.63) is 47.6 Å². The molecule has 3 atom stereocenters.